The largest absolute Gasteiger partial charge is 0.330 e. The predicted molar refractivity (Wildman–Crippen MR) is 81.8 cm³/mol. The summed E-state index contributed by atoms with van der Waals surface area (Å²) < 4.78 is 26.8. The number of rotatable bonds is 9. The molecule has 114 valence electrons. The Morgan fingerprint density at radius 1 is 1.25 bits per heavy atom. The quantitative estimate of drug-likeness (QED) is 0.720. The van der Waals surface area contributed by atoms with Gasteiger partial charge in [0.15, 0.2) is 0 Å². The second kappa shape index (κ2) is 7.71. The van der Waals surface area contributed by atoms with Gasteiger partial charge in [-0.15, -0.1) is 0 Å². The van der Waals surface area contributed by atoms with E-state index in [0.29, 0.717) is 19.5 Å². The molecule has 0 fully saturated rings. The Hall–Kier alpha value is -0.980. The van der Waals surface area contributed by atoms with Gasteiger partial charge in [0.25, 0.3) is 0 Å². The second-order valence-corrected chi connectivity index (χ2v) is 7.08. The van der Waals surface area contributed by atoms with E-state index in [0.717, 1.165) is 18.4 Å². The first kappa shape index (κ1) is 17.1. The number of hydrogen-bond acceptors (Lipinski definition) is 4. The number of sulfonamides is 1. The third-order valence-electron chi connectivity index (χ3n) is 4.01. The Morgan fingerprint density at radius 2 is 1.85 bits per heavy atom. The third kappa shape index (κ3) is 5.19. The minimum atomic E-state index is -3.27. The van der Waals surface area contributed by atoms with E-state index < -0.39 is 10.0 Å². The zero-order valence-corrected chi connectivity index (χ0v) is 13.1. The maximum Gasteiger partial charge on any atom is 0.211 e. The van der Waals surface area contributed by atoms with Crippen molar-refractivity contribution in [3.8, 4) is 0 Å². The molecule has 1 aromatic heterocycles. The van der Waals surface area contributed by atoms with Crippen molar-refractivity contribution in [2.24, 2.45) is 11.1 Å². The third-order valence-corrected chi connectivity index (χ3v) is 5.33. The molecule has 0 bridgehead atoms. The highest BCUT2D eigenvalue weighted by molar-refractivity contribution is 7.89. The second-order valence-electron chi connectivity index (χ2n) is 5.16. The number of hydrogen-bond donors (Lipinski definition) is 2. The molecular weight excluding hydrogens is 274 g/mol. The Labute approximate surface area is 122 Å². The Balaban J connectivity index is 2.53. The molecule has 1 rings (SSSR count). The smallest absolute Gasteiger partial charge is 0.211 e. The highest BCUT2D eigenvalue weighted by atomic mass is 32.2. The topological polar surface area (TPSA) is 85.1 Å². The van der Waals surface area contributed by atoms with Gasteiger partial charge in [-0.2, -0.15) is 0 Å². The fraction of sp³-hybridized carbons (Fsp3) is 0.643. The molecule has 0 amide bonds. The van der Waals surface area contributed by atoms with Crippen LogP contribution < -0.4 is 10.5 Å². The van der Waals surface area contributed by atoms with E-state index in [1.165, 1.54) is 0 Å². The fourth-order valence-electron chi connectivity index (χ4n) is 2.00. The van der Waals surface area contributed by atoms with Gasteiger partial charge in [-0.25, -0.2) is 13.1 Å². The summed E-state index contributed by atoms with van der Waals surface area (Å²) in [5.74, 6) is 0.0884. The van der Waals surface area contributed by atoms with Crippen LogP contribution in [0.3, 0.4) is 0 Å². The maximum atomic E-state index is 12.0. The first-order chi connectivity index (χ1) is 9.47. The van der Waals surface area contributed by atoms with Crippen molar-refractivity contribution >= 4 is 10.0 Å². The molecule has 0 spiro atoms. The summed E-state index contributed by atoms with van der Waals surface area (Å²) in [6.07, 6.45) is 5.57. The summed E-state index contributed by atoms with van der Waals surface area (Å²) in [4.78, 5) is 3.91. The normalized spacial score (nSPS) is 12.6. The molecule has 0 aromatic carbocycles. The fourth-order valence-corrected chi connectivity index (χ4v) is 3.17. The van der Waals surface area contributed by atoms with Crippen LogP contribution in [0.5, 0.6) is 0 Å². The van der Waals surface area contributed by atoms with Crippen molar-refractivity contribution in [1.82, 2.24) is 9.71 Å². The number of aryl methyl sites for hydroxylation is 1. The molecule has 0 aliphatic heterocycles. The SMILES string of the molecule is CCC(CC)(CN)CNS(=O)(=O)CCc1ccncc1. The summed E-state index contributed by atoms with van der Waals surface area (Å²) >= 11 is 0. The molecule has 5 nitrogen and oxygen atoms in total. The number of nitrogens with zero attached hydrogens (tertiary/aromatic N) is 1. The lowest BCUT2D eigenvalue weighted by Gasteiger charge is -2.30. The monoisotopic (exact) mass is 299 g/mol. The molecule has 3 N–H and O–H groups in total. The van der Waals surface area contributed by atoms with Gasteiger partial charge in [0.1, 0.15) is 0 Å². The summed E-state index contributed by atoms with van der Waals surface area (Å²) in [6, 6.07) is 3.66. The molecule has 0 saturated heterocycles. The molecule has 1 aromatic rings. The highest BCUT2D eigenvalue weighted by Gasteiger charge is 2.26. The van der Waals surface area contributed by atoms with E-state index in [-0.39, 0.29) is 11.2 Å². The van der Waals surface area contributed by atoms with Gasteiger partial charge in [-0.3, -0.25) is 4.98 Å². The van der Waals surface area contributed by atoms with Crippen LogP contribution in [0.2, 0.25) is 0 Å². The summed E-state index contributed by atoms with van der Waals surface area (Å²) in [7, 11) is -3.27. The summed E-state index contributed by atoms with van der Waals surface area (Å²) in [6.45, 7) is 4.99. The van der Waals surface area contributed by atoms with Crippen molar-refractivity contribution in [2.45, 2.75) is 33.1 Å². The van der Waals surface area contributed by atoms with E-state index >= 15 is 0 Å². The lowest BCUT2D eigenvalue weighted by molar-refractivity contribution is 0.275. The lowest BCUT2D eigenvalue weighted by atomic mass is 9.83. The van der Waals surface area contributed by atoms with Gasteiger partial charge in [-0.1, -0.05) is 13.8 Å². The van der Waals surface area contributed by atoms with E-state index in [2.05, 4.69) is 9.71 Å². The van der Waals surface area contributed by atoms with Gasteiger partial charge in [0.2, 0.25) is 10.0 Å². The van der Waals surface area contributed by atoms with Crippen molar-refractivity contribution in [3.63, 3.8) is 0 Å². The predicted octanol–water partition coefficient (Wildman–Crippen LogP) is 1.31. The number of aromatic nitrogens is 1. The van der Waals surface area contributed by atoms with Gasteiger partial charge < -0.3 is 5.73 Å². The molecule has 0 aliphatic carbocycles. The molecule has 0 saturated carbocycles. The minimum Gasteiger partial charge on any atom is -0.330 e. The van der Waals surface area contributed by atoms with Crippen LogP contribution in [-0.4, -0.2) is 32.2 Å². The molecular formula is C14H25N3O2S. The minimum absolute atomic E-state index is 0.0884. The van der Waals surface area contributed by atoms with Crippen molar-refractivity contribution < 1.29 is 8.42 Å². The van der Waals surface area contributed by atoms with Crippen LogP contribution >= 0.6 is 0 Å². The molecule has 6 heteroatoms. The molecule has 20 heavy (non-hydrogen) atoms. The van der Waals surface area contributed by atoms with Gasteiger partial charge >= 0.3 is 0 Å². The van der Waals surface area contributed by atoms with E-state index in [1.54, 1.807) is 12.4 Å². The molecule has 0 unspecified atom stereocenters. The van der Waals surface area contributed by atoms with Crippen molar-refractivity contribution in [2.75, 3.05) is 18.8 Å². The van der Waals surface area contributed by atoms with E-state index in [1.807, 2.05) is 26.0 Å². The van der Waals surface area contributed by atoms with Crippen LogP contribution in [0.15, 0.2) is 24.5 Å². The Bertz CT molecular complexity index is 476. The molecule has 0 radical (unpaired) electrons. The summed E-state index contributed by atoms with van der Waals surface area (Å²) in [5.41, 5.74) is 6.62. The number of nitrogens with one attached hydrogen (secondary N) is 1. The van der Waals surface area contributed by atoms with Gasteiger partial charge in [0.05, 0.1) is 5.75 Å². The molecule has 1 heterocycles. The summed E-state index contributed by atoms with van der Waals surface area (Å²) in [5, 5.41) is 0. The lowest BCUT2D eigenvalue weighted by Crippen LogP contribution is -2.42. The Morgan fingerprint density at radius 3 is 2.35 bits per heavy atom. The maximum absolute atomic E-state index is 12.0. The number of pyridine rings is 1. The number of nitrogens with two attached hydrogens (primary N) is 1. The first-order valence-electron chi connectivity index (χ1n) is 7.03. The molecule has 0 aliphatic rings. The van der Waals surface area contributed by atoms with Crippen molar-refractivity contribution in [1.29, 1.82) is 0 Å². The van der Waals surface area contributed by atoms with Crippen LogP contribution in [0.25, 0.3) is 0 Å². The standard InChI is InChI=1S/C14H25N3O2S/c1-3-14(4-2,11-15)12-17-20(18,19)10-7-13-5-8-16-9-6-13/h5-6,8-9,17H,3-4,7,10-12,15H2,1-2H3. The Kier molecular flexibility index (Phi) is 6.58. The van der Waals surface area contributed by atoms with Gasteiger partial charge in [0, 0.05) is 18.9 Å². The van der Waals surface area contributed by atoms with Crippen molar-refractivity contribution in [3.05, 3.63) is 30.1 Å². The van der Waals surface area contributed by atoms with Gasteiger partial charge in [-0.05, 0) is 48.9 Å². The zero-order valence-electron chi connectivity index (χ0n) is 12.3. The van der Waals surface area contributed by atoms with E-state index in [9.17, 15) is 8.42 Å². The van der Waals surface area contributed by atoms with Crippen LogP contribution in [0.4, 0.5) is 0 Å². The van der Waals surface area contributed by atoms with Crippen LogP contribution in [0.1, 0.15) is 32.3 Å². The van der Waals surface area contributed by atoms with E-state index in [4.69, 9.17) is 5.73 Å². The zero-order chi connectivity index (χ0) is 15.1. The average molecular weight is 299 g/mol. The molecule has 0 atom stereocenters. The van der Waals surface area contributed by atoms with Crippen LogP contribution in [0, 0.1) is 5.41 Å². The average Bonchev–Trinajstić information content (AvgIpc) is 2.48. The highest BCUT2D eigenvalue weighted by Crippen LogP contribution is 2.23. The van der Waals surface area contributed by atoms with Crippen LogP contribution in [-0.2, 0) is 16.4 Å². The first-order valence-corrected chi connectivity index (χ1v) is 8.68.